The molecule has 1 amide bonds. The van der Waals surface area contributed by atoms with Gasteiger partial charge in [0.2, 0.25) is 0 Å². The third kappa shape index (κ3) is 4.33. The number of rotatable bonds is 5. The van der Waals surface area contributed by atoms with E-state index in [0.717, 1.165) is 5.56 Å². The van der Waals surface area contributed by atoms with Gasteiger partial charge in [-0.05, 0) is 37.9 Å². The Labute approximate surface area is 138 Å². The predicted octanol–water partition coefficient (Wildman–Crippen LogP) is 2.50. The van der Waals surface area contributed by atoms with Gasteiger partial charge in [-0.2, -0.15) is 0 Å². The summed E-state index contributed by atoms with van der Waals surface area (Å²) in [6.07, 6.45) is 3.24. The molecule has 0 aliphatic heterocycles. The monoisotopic (exact) mass is 325 g/mol. The van der Waals surface area contributed by atoms with Crippen molar-refractivity contribution < 1.29 is 9.18 Å². The molecular formula is C17H16FN5O. The largest absolute Gasteiger partial charge is 0.382 e. The summed E-state index contributed by atoms with van der Waals surface area (Å²) in [7, 11) is 0. The predicted molar refractivity (Wildman–Crippen MR) is 92.2 cm³/mol. The van der Waals surface area contributed by atoms with E-state index in [1.807, 2.05) is 0 Å². The summed E-state index contributed by atoms with van der Waals surface area (Å²) in [4.78, 5) is 24.2. The molecule has 122 valence electrons. The molecule has 3 N–H and O–H groups in total. The maximum absolute atomic E-state index is 13.2. The van der Waals surface area contributed by atoms with Crippen LogP contribution in [0.25, 0.3) is 0 Å². The Morgan fingerprint density at radius 3 is 2.75 bits per heavy atom. The lowest BCUT2D eigenvalue weighted by Crippen LogP contribution is -2.18. The lowest BCUT2D eigenvalue weighted by molar-refractivity contribution is -0.112. The Balaban J connectivity index is 2.33. The zero-order valence-electron chi connectivity index (χ0n) is 13.0. The molecule has 2 rings (SSSR count). The summed E-state index contributed by atoms with van der Waals surface area (Å²) < 4.78 is 13.2. The Hall–Kier alpha value is -3.35. The Kier molecular flexibility index (Phi) is 5.51. The van der Waals surface area contributed by atoms with Crippen molar-refractivity contribution in [2.75, 3.05) is 5.32 Å². The minimum absolute atomic E-state index is 0.115. The van der Waals surface area contributed by atoms with Gasteiger partial charge in [-0.3, -0.25) is 9.78 Å². The number of amides is 1. The summed E-state index contributed by atoms with van der Waals surface area (Å²) in [5, 5.41) is 2.53. The van der Waals surface area contributed by atoms with Crippen molar-refractivity contribution in [3.05, 3.63) is 71.7 Å². The fraction of sp³-hybridized carbons (Fsp3) is 0.0588. The number of pyridine rings is 1. The van der Waals surface area contributed by atoms with Crippen LogP contribution >= 0.6 is 0 Å². The second-order valence-electron chi connectivity index (χ2n) is 4.80. The second kappa shape index (κ2) is 7.77. The Morgan fingerprint density at radius 2 is 2.12 bits per heavy atom. The van der Waals surface area contributed by atoms with Gasteiger partial charge in [-0.25, -0.2) is 14.4 Å². The van der Waals surface area contributed by atoms with Crippen LogP contribution < -0.4 is 11.1 Å². The van der Waals surface area contributed by atoms with Crippen LogP contribution in [0.4, 0.5) is 10.1 Å². The number of halogens is 1. The number of hydrogen-bond acceptors (Lipinski definition) is 5. The highest BCUT2D eigenvalue weighted by atomic mass is 19.1. The molecule has 2 aromatic rings. The highest BCUT2D eigenvalue weighted by Gasteiger charge is 2.14. The number of anilines is 1. The van der Waals surface area contributed by atoms with Crippen LogP contribution in [0, 0.1) is 5.82 Å². The van der Waals surface area contributed by atoms with Crippen molar-refractivity contribution in [3.63, 3.8) is 0 Å². The van der Waals surface area contributed by atoms with Crippen molar-refractivity contribution in [3.8, 4) is 0 Å². The number of nitrogens with zero attached hydrogens (tertiary/aromatic N) is 3. The number of nitrogens with one attached hydrogen (secondary N) is 1. The highest BCUT2D eigenvalue weighted by molar-refractivity contribution is 6.08. The van der Waals surface area contributed by atoms with E-state index >= 15 is 0 Å². The smallest absolute Gasteiger partial charge is 0.278 e. The molecular weight excluding hydrogens is 309 g/mol. The quantitative estimate of drug-likeness (QED) is 0.653. The fourth-order valence-electron chi connectivity index (χ4n) is 1.86. The maximum atomic E-state index is 13.2. The Bertz CT molecular complexity index is 815. The SMILES string of the molecule is C=N/C(N)=C(\N=C(/C)c1cccnc1)C(=O)Nc1cccc(F)c1. The molecule has 0 fully saturated rings. The molecule has 0 atom stereocenters. The lowest BCUT2D eigenvalue weighted by Gasteiger charge is -2.08. The van der Waals surface area contributed by atoms with E-state index in [-0.39, 0.29) is 17.2 Å². The first-order valence-electron chi connectivity index (χ1n) is 7.00. The van der Waals surface area contributed by atoms with Crippen molar-refractivity contribution in [1.82, 2.24) is 4.98 Å². The minimum Gasteiger partial charge on any atom is -0.382 e. The first-order valence-corrected chi connectivity index (χ1v) is 7.00. The van der Waals surface area contributed by atoms with E-state index in [2.05, 4.69) is 27.0 Å². The van der Waals surface area contributed by atoms with Crippen LogP contribution in [0.2, 0.25) is 0 Å². The molecule has 0 saturated carbocycles. The topological polar surface area (TPSA) is 92.7 Å². The molecule has 6 nitrogen and oxygen atoms in total. The molecule has 0 bridgehead atoms. The number of carbonyl (C=O) groups excluding carboxylic acids is 1. The molecule has 0 saturated heterocycles. The maximum Gasteiger partial charge on any atom is 0.278 e. The van der Waals surface area contributed by atoms with E-state index < -0.39 is 11.7 Å². The number of nitrogens with two attached hydrogens (primary N) is 1. The fourth-order valence-corrected chi connectivity index (χ4v) is 1.86. The number of benzene rings is 1. The molecule has 0 spiro atoms. The summed E-state index contributed by atoms with van der Waals surface area (Å²) in [6.45, 7) is 5.02. The van der Waals surface area contributed by atoms with Crippen LogP contribution in [-0.4, -0.2) is 23.3 Å². The lowest BCUT2D eigenvalue weighted by atomic mass is 10.2. The van der Waals surface area contributed by atoms with Crippen molar-refractivity contribution in [1.29, 1.82) is 0 Å². The second-order valence-corrected chi connectivity index (χ2v) is 4.80. The third-order valence-corrected chi connectivity index (χ3v) is 3.07. The number of aliphatic imine (C=N–C) groups is 2. The summed E-state index contributed by atoms with van der Waals surface area (Å²) in [5.41, 5.74) is 7.14. The van der Waals surface area contributed by atoms with Crippen LogP contribution in [0.3, 0.4) is 0 Å². The first-order chi connectivity index (χ1) is 11.5. The average molecular weight is 325 g/mol. The van der Waals surface area contributed by atoms with Gasteiger partial charge in [-0.1, -0.05) is 12.1 Å². The summed E-state index contributed by atoms with van der Waals surface area (Å²) in [6, 6.07) is 9.04. The standard InChI is InChI=1S/C17H16FN5O/c1-11(12-5-4-8-21-10-12)22-15(16(19)20-2)17(24)23-14-7-3-6-13(18)9-14/h3-10H,2,19H2,1H3,(H,23,24)/b16-15-,22-11+. The molecule has 1 aromatic carbocycles. The van der Waals surface area contributed by atoms with E-state index in [1.165, 1.54) is 18.2 Å². The van der Waals surface area contributed by atoms with Crippen LogP contribution in [0.5, 0.6) is 0 Å². The number of carbonyl (C=O) groups is 1. The Morgan fingerprint density at radius 1 is 1.33 bits per heavy atom. The average Bonchev–Trinajstić information content (AvgIpc) is 2.59. The van der Waals surface area contributed by atoms with Crippen molar-refractivity contribution in [2.24, 2.45) is 15.7 Å². The van der Waals surface area contributed by atoms with Gasteiger partial charge >= 0.3 is 0 Å². The molecule has 1 heterocycles. The van der Waals surface area contributed by atoms with E-state index in [1.54, 1.807) is 37.5 Å². The molecule has 7 heteroatoms. The normalized spacial score (nSPS) is 12.3. The number of aromatic nitrogens is 1. The van der Waals surface area contributed by atoms with Crippen molar-refractivity contribution in [2.45, 2.75) is 6.92 Å². The summed E-state index contributed by atoms with van der Waals surface area (Å²) >= 11 is 0. The molecule has 0 radical (unpaired) electrons. The van der Waals surface area contributed by atoms with Crippen LogP contribution in [-0.2, 0) is 4.79 Å². The van der Waals surface area contributed by atoms with E-state index in [0.29, 0.717) is 5.71 Å². The molecule has 1 aromatic heterocycles. The third-order valence-electron chi connectivity index (χ3n) is 3.07. The van der Waals surface area contributed by atoms with Gasteiger partial charge in [0.05, 0.1) is 0 Å². The van der Waals surface area contributed by atoms with Gasteiger partial charge in [0, 0.05) is 29.4 Å². The van der Waals surface area contributed by atoms with Crippen molar-refractivity contribution >= 4 is 24.0 Å². The van der Waals surface area contributed by atoms with Gasteiger partial charge in [0.25, 0.3) is 5.91 Å². The van der Waals surface area contributed by atoms with Crippen LogP contribution in [0.15, 0.2) is 70.3 Å². The van der Waals surface area contributed by atoms with Crippen LogP contribution in [0.1, 0.15) is 12.5 Å². The van der Waals surface area contributed by atoms with Gasteiger partial charge < -0.3 is 11.1 Å². The zero-order chi connectivity index (χ0) is 17.5. The molecule has 24 heavy (non-hydrogen) atoms. The first kappa shape index (κ1) is 17.0. The summed E-state index contributed by atoms with van der Waals surface area (Å²) in [5.74, 6) is -1.22. The van der Waals surface area contributed by atoms with E-state index in [9.17, 15) is 9.18 Å². The zero-order valence-corrected chi connectivity index (χ0v) is 13.0. The molecule has 0 aliphatic rings. The minimum atomic E-state index is -0.617. The highest BCUT2D eigenvalue weighted by Crippen LogP contribution is 2.13. The van der Waals surface area contributed by atoms with Gasteiger partial charge in [-0.15, -0.1) is 0 Å². The molecule has 0 aliphatic carbocycles. The number of hydrogen-bond donors (Lipinski definition) is 2. The molecule has 0 unspecified atom stereocenters. The van der Waals surface area contributed by atoms with Gasteiger partial charge in [0.15, 0.2) is 11.5 Å². The van der Waals surface area contributed by atoms with Gasteiger partial charge in [0.1, 0.15) is 5.82 Å². The van der Waals surface area contributed by atoms with E-state index in [4.69, 9.17) is 5.73 Å².